The molecule has 2 rings (SSSR count). The summed E-state index contributed by atoms with van der Waals surface area (Å²) in [6, 6.07) is 4.42. The van der Waals surface area contributed by atoms with E-state index in [2.05, 4.69) is 22.4 Å². The second kappa shape index (κ2) is 7.24. The third-order valence-electron chi connectivity index (χ3n) is 4.05. The summed E-state index contributed by atoms with van der Waals surface area (Å²) in [5.41, 5.74) is 7.18. The lowest BCUT2D eigenvalue weighted by Crippen LogP contribution is -2.28. The highest BCUT2D eigenvalue weighted by atomic mass is 16.4. The zero-order valence-corrected chi connectivity index (χ0v) is 12.0. The number of amidine groups is 1. The first kappa shape index (κ1) is 14.8. The Kier molecular flexibility index (Phi) is 5.35. The van der Waals surface area contributed by atoms with E-state index in [1.807, 2.05) is 12.1 Å². The largest absolute Gasteiger partial charge is 0.409 e. The van der Waals surface area contributed by atoms with Crippen molar-refractivity contribution in [2.75, 3.05) is 0 Å². The SMILES string of the molecule is CC1CCCC(NCc2ccnc(/C(N)=N/O)c2)CC1. The van der Waals surface area contributed by atoms with Gasteiger partial charge >= 0.3 is 0 Å². The van der Waals surface area contributed by atoms with E-state index in [4.69, 9.17) is 10.9 Å². The van der Waals surface area contributed by atoms with E-state index >= 15 is 0 Å². The molecule has 0 amide bonds. The molecule has 0 bridgehead atoms. The van der Waals surface area contributed by atoms with Crippen molar-refractivity contribution in [2.24, 2.45) is 16.8 Å². The smallest absolute Gasteiger partial charge is 0.188 e. The van der Waals surface area contributed by atoms with Gasteiger partial charge in [-0.1, -0.05) is 24.9 Å². The average molecular weight is 276 g/mol. The predicted octanol–water partition coefficient (Wildman–Crippen LogP) is 2.23. The van der Waals surface area contributed by atoms with Crippen molar-refractivity contribution in [1.29, 1.82) is 0 Å². The first-order chi connectivity index (χ1) is 9.69. The van der Waals surface area contributed by atoms with E-state index in [0.29, 0.717) is 11.7 Å². The van der Waals surface area contributed by atoms with Crippen LogP contribution in [0, 0.1) is 5.92 Å². The minimum absolute atomic E-state index is 0.0511. The van der Waals surface area contributed by atoms with Crippen molar-refractivity contribution in [3.05, 3.63) is 29.6 Å². The Morgan fingerprint density at radius 3 is 3.10 bits per heavy atom. The Morgan fingerprint density at radius 1 is 1.45 bits per heavy atom. The molecule has 1 aliphatic carbocycles. The van der Waals surface area contributed by atoms with E-state index in [1.54, 1.807) is 6.20 Å². The van der Waals surface area contributed by atoms with Gasteiger partial charge in [0.15, 0.2) is 5.84 Å². The van der Waals surface area contributed by atoms with Gasteiger partial charge in [0, 0.05) is 18.8 Å². The molecular weight excluding hydrogens is 252 g/mol. The van der Waals surface area contributed by atoms with Crippen molar-refractivity contribution in [2.45, 2.75) is 51.6 Å². The van der Waals surface area contributed by atoms with Crippen LogP contribution in [0.3, 0.4) is 0 Å². The first-order valence-corrected chi connectivity index (χ1v) is 7.35. The molecule has 1 fully saturated rings. The molecule has 1 aliphatic rings. The second-order valence-corrected chi connectivity index (χ2v) is 5.73. The number of pyridine rings is 1. The number of nitrogens with zero attached hydrogens (tertiary/aromatic N) is 2. The van der Waals surface area contributed by atoms with Gasteiger partial charge in [0.2, 0.25) is 0 Å². The fraction of sp³-hybridized carbons (Fsp3) is 0.600. The average Bonchev–Trinajstić information content (AvgIpc) is 2.69. The Balaban J connectivity index is 1.90. The van der Waals surface area contributed by atoms with Gasteiger partial charge in [-0.05, 0) is 42.9 Å². The van der Waals surface area contributed by atoms with E-state index in [9.17, 15) is 0 Å². The van der Waals surface area contributed by atoms with Gasteiger partial charge in [-0.25, -0.2) is 0 Å². The summed E-state index contributed by atoms with van der Waals surface area (Å²) in [6.45, 7) is 3.14. The van der Waals surface area contributed by atoms with Crippen molar-refractivity contribution >= 4 is 5.84 Å². The maximum Gasteiger partial charge on any atom is 0.188 e. The van der Waals surface area contributed by atoms with E-state index in [-0.39, 0.29) is 5.84 Å². The van der Waals surface area contributed by atoms with Gasteiger partial charge < -0.3 is 16.3 Å². The van der Waals surface area contributed by atoms with Crippen LogP contribution in [0.1, 0.15) is 50.3 Å². The van der Waals surface area contributed by atoms with Crippen molar-refractivity contribution in [3.8, 4) is 0 Å². The zero-order chi connectivity index (χ0) is 14.4. The molecular formula is C15H24N4O. The number of hydrogen-bond donors (Lipinski definition) is 3. The van der Waals surface area contributed by atoms with Crippen LogP contribution in [-0.2, 0) is 6.54 Å². The van der Waals surface area contributed by atoms with Crippen LogP contribution in [0.25, 0.3) is 0 Å². The molecule has 0 aromatic carbocycles. The number of oxime groups is 1. The summed E-state index contributed by atoms with van der Waals surface area (Å²) in [7, 11) is 0. The Morgan fingerprint density at radius 2 is 2.30 bits per heavy atom. The third-order valence-corrected chi connectivity index (χ3v) is 4.05. The standard InChI is InChI=1S/C15H24N4O/c1-11-3-2-4-13(6-5-11)18-10-12-7-8-17-14(9-12)15(16)19-20/h7-9,11,13,18,20H,2-6,10H2,1H3,(H2,16,19). The fourth-order valence-corrected chi connectivity index (χ4v) is 2.73. The van der Waals surface area contributed by atoms with E-state index in [1.165, 1.54) is 32.1 Å². The number of nitrogens with two attached hydrogens (primary N) is 1. The lowest BCUT2D eigenvalue weighted by molar-refractivity contribution is 0.318. The minimum atomic E-state index is 0.0511. The maximum absolute atomic E-state index is 8.68. The quantitative estimate of drug-likeness (QED) is 0.259. The number of nitrogens with one attached hydrogen (secondary N) is 1. The first-order valence-electron chi connectivity index (χ1n) is 7.35. The molecule has 0 aliphatic heterocycles. The molecule has 2 atom stereocenters. The predicted molar refractivity (Wildman–Crippen MR) is 79.6 cm³/mol. The van der Waals surface area contributed by atoms with Crippen LogP contribution in [0.15, 0.2) is 23.5 Å². The van der Waals surface area contributed by atoms with Gasteiger partial charge in [0.25, 0.3) is 0 Å². The summed E-state index contributed by atoms with van der Waals surface area (Å²) in [5, 5.41) is 15.3. The normalized spacial score (nSPS) is 24.4. The molecule has 0 radical (unpaired) electrons. The van der Waals surface area contributed by atoms with Crippen LogP contribution in [0.4, 0.5) is 0 Å². The van der Waals surface area contributed by atoms with Gasteiger partial charge in [-0.3, -0.25) is 4.98 Å². The van der Waals surface area contributed by atoms with E-state index in [0.717, 1.165) is 18.0 Å². The van der Waals surface area contributed by atoms with E-state index < -0.39 is 0 Å². The summed E-state index contributed by atoms with van der Waals surface area (Å²) in [4.78, 5) is 4.09. The molecule has 1 aromatic rings. The lowest BCUT2D eigenvalue weighted by atomic mass is 10.0. The molecule has 1 aromatic heterocycles. The minimum Gasteiger partial charge on any atom is -0.409 e. The lowest BCUT2D eigenvalue weighted by Gasteiger charge is -2.16. The third kappa shape index (κ3) is 4.20. The van der Waals surface area contributed by atoms with Gasteiger partial charge in [-0.15, -0.1) is 0 Å². The molecule has 110 valence electrons. The maximum atomic E-state index is 8.68. The van der Waals surface area contributed by atoms with Gasteiger partial charge in [-0.2, -0.15) is 0 Å². The number of aromatic nitrogens is 1. The highest BCUT2D eigenvalue weighted by molar-refractivity contribution is 5.95. The monoisotopic (exact) mass is 276 g/mol. The fourth-order valence-electron chi connectivity index (χ4n) is 2.73. The van der Waals surface area contributed by atoms with Crippen LogP contribution in [-0.4, -0.2) is 22.1 Å². The summed E-state index contributed by atoms with van der Waals surface area (Å²) in [5.74, 6) is 0.907. The molecule has 20 heavy (non-hydrogen) atoms. The van der Waals surface area contributed by atoms with Crippen molar-refractivity contribution in [1.82, 2.24) is 10.3 Å². The molecule has 1 heterocycles. The molecule has 1 saturated carbocycles. The van der Waals surface area contributed by atoms with Crippen LogP contribution in [0.2, 0.25) is 0 Å². The topological polar surface area (TPSA) is 83.5 Å². The molecule has 5 nitrogen and oxygen atoms in total. The Hall–Kier alpha value is -1.62. The number of hydrogen-bond acceptors (Lipinski definition) is 4. The van der Waals surface area contributed by atoms with Crippen molar-refractivity contribution < 1.29 is 5.21 Å². The summed E-state index contributed by atoms with van der Waals surface area (Å²) >= 11 is 0. The highest BCUT2D eigenvalue weighted by Crippen LogP contribution is 2.22. The molecule has 5 heteroatoms. The Bertz CT molecular complexity index is 461. The van der Waals surface area contributed by atoms with Gasteiger partial charge in [0.1, 0.15) is 5.69 Å². The van der Waals surface area contributed by atoms with Crippen LogP contribution in [0.5, 0.6) is 0 Å². The van der Waals surface area contributed by atoms with Crippen LogP contribution >= 0.6 is 0 Å². The number of rotatable bonds is 4. The Labute approximate surface area is 120 Å². The molecule has 0 spiro atoms. The molecule has 4 N–H and O–H groups in total. The zero-order valence-electron chi connectivity index (χ0n) is 12.0. The summed E-state index contributed by atoms with van der Waals surface area (Å²) < 4.78 is 0. The molecule has 0 saturated heterocycles. The molecule has 2 unspecified atom stereocenters. The van der Waals surface area contributed by atoms with Crippen LogP contribution < -0.4 is 11.1 Å². The van der Waals surface area contributed by atoms with Crippen molar-refractivity contribution in [3.63, 3.8) is 0 Å². The summed E-state index contributed by atoms with van der Waals surface area (Å²) in [6.07, 6.45) is 8.16. The van der Waals surface area contributed by atoms with Gasteiger partial charge in [0.05, 0.1) is 0 Å². The second-order valence-electron chi connectivity index (χ2n) is 5.73. The highest BCUT2D eigenvalue weighted by Gasteiger charge is 2.15.